The first-order chi connectivity index (χ1) is 9.22. The third-order valence-electron chi connectivity index (χ3n) is 2.60. The van der Waals surface area contributed by atoms with E-state index in [0.717, 1.165) is 0 Å². The molecule has 19 heavy (non-hydrogen) atoms. The molecule has 3 N–H and O–H groups in total. The van der Waals surface area contributed by atoms with Gasteiger partial charge in [-0.1, -0.05) is 0 Å². The van der Waals surface area contributed by atoms with E-state index in [1.807, 2.05) is 0 Å². The molecule has 7 heteroatoms. The number of imidazole rings is 1. The van der Waals surface area contributed by atoms with Crippen LogP contribution in [0.2, 0.25) is 0 Å². The van der Waals surface area contributed by atoms with Gasteiger partial charge in [-0.3, -0.25) is 14.9 Å². The van der Waals surface area contributed by atoms with Crippen molar-refractivity contribution in [1.29, 1.82) is 0 Å². The van der Waals surface area contributed by atoms with Gasteiger partial charge >= 0.3 is 0 Å². The molecule has 1 aliphatic rings. The molecule has 1 aliphatic heterocycles. The first-order valence-corrected chi connectivity index (χ1v) is 5.60. The van der Waals surface area contributed by atoms with E-state index in [4.69, 9.17) is 4.74 Å². The van der Waals surface area contributed by atoms with E-state index in [-0.39, 0.29) is 18.4 Å². The van der Waals surface area contributed by atoms with E-state index in [1.54, 1.807) is 24.4 Å². The highest BCUT2D eigenvalue weighted by molar-refractivity contribution is 6.05. The van der Waals surface area contributed by atoms with Gasteiger partial charge in [-0.05, 0) is 18.2 Å². The fraction of sp³-hybridized carbons (Fsp3) is 0.0833. The Kier molecular flexibility index (Phi) is 2.64. The minimum Gasteiger partial charge on any atom is -0.482 e. The van der Waals surface area contributed by atoms with Gasteiger partial charge < -0.3 is 15.0 Å². The van der Waals surface area contributed by atoms with E-state index in [0.29, 0.717) is 22.9 Å². The second kappa shape index (κ2) is 4.45. The predicted molar refractivity (Wildman–Crippen MR) is 67.1 cm³/mol. The number of aromatic nitrogens is 2. The summed E-state index contributed by atoms with van der Waals surface area (Å²) in [5, 5.41) is 5.24. The van der Waals surface area contributed by atoms with Gasteiger partial charge in [0.2, 0.25) is 5.95 Å². The second-order valence-corrected chi connectivity index (χ2v) is 3.94. The zero-order valence-corrected chi connectivity index (χ0v) is 9.77. The lowest BCUT2D eigenvalue weighted by molar-refractivity contribution is -0.118. The third-order valence-corrected chi connectivity index (χ3v) is 2.60. The van der Waals surface area contributed by atoms with Crippen LogP contribution in [-0.4, -0.2) is 28.4 Å². The number of amides is 2. The molecule has 2 amide bonds. The summed E-state index contributed by atoms with van der Waals surface area (Å²) in [5.74, 6) is 0.353. The molecule has 0 spiro atoms. The van der Waals surface area contributed by atoms with Crippen LogP contribution >= 0.6 is 0 Å². The smallest absolute Gasteiger partial charge is 0.262 e. The molecule has 0 atom stereocenters. The molecule has 0 fully saturated rings. The van der Waals surface area contributed by atoms with Crippen LogP contribution in [0.4, 0.5) is 11.6 Å². The van der Waals surface area contributed by atoms with Crippen LogP contribution in [0.1, 0.15) is 10.4 Å². The lowest BCUT2D eigenvalue weighted by atomic mass is 10.1. The maximum atomic E-state index is 12.0. The normalized spacial score (nSPS) is 13.2. The number of rotatable bonds is 2. The average Bonchev–Trinajstić information content (AvgIpc) is 2.90. The topological polar surface area (TPSA) is 96.1 Å². The monoisotopic (exact) mass is 258 g/mol. The molecule has 7 nitrogen and oxygen atoms in total. The van der Waals surface area contributed by atoms with Gasteiger partial charge in [0.05, 0.1) is 5.69 Å². The fourth-order valence-electron chi connectivity index (χ4n) is 1.74. The van der Waals surface area contributed by atoms with Crippen LogP contribution in [0, 0.1) is 0 Å². The number of fused-ring (bicyclic) bond motifs is 1. The lowest BCUT2D eigenvalue weighted by Gasteiger charge is -2.18. The fourth-order valence-corrected chi connectivity index (χ4v) is 1.74. The van der Waals surface area contributed by atoms with Gasteiger partial charge in [-0.15, -0.1) is 0 Å². The Morgan fingerprint density at radius 3 is 3.11 bits per heavy atom. The first kappa shape index (κ1) is 11.3. The van der Waals surface area contributed by atoms with Crippen molar-refractivity contribution >= 4 is 23.5 Å². The predicted octanol–water partition coefficient (Wildman–Crippen LogP) is 0.993. The summed E-state index contributed by atoms with van der Waals surface area (Å²) in [6.45, 7) is -0.00899. The van der Waals surface area contributed by atoms with Crippen molar-refractivity contribution in [3.63, 3.8) is 0 Å². The minimum absolute atomic E-state index is 0.00899. The third kappa shape index (κ3) is 2.25. The van der Waals surface area contributed by atoms with E-state index in [9.17, 15) is 9.59 Å². The number of anilines is 2. The highest BCUT2D eigenvalue weighted by Crippen LogP contribution is 2.28. The highest BCUT2D eigenvalue weighted by atomic mass is 16.5. The zero-order chi connectivity index (χ0) is 13.2. The van der Waals surface area contributed by atoms with Crippen LogP contribution in [0.15, 0.2) is 30.6 Å². The summed E-state index contributed by atoms with van der Waals surface area (Å²) in [5.41, 5.74) is 0.893. The Bertz CT molecular complexity index is 636. The molecule has 1 aromatic carbocycles. The standard InChI is InChI=1S/C12H10N4O3/c17-10-6-19-9-2-1-7(5-8(9)15-10)11(18)16-12-13-3-4-14-12/h1-5H,6H2,(H,15,17)(H2,13,14,16,18). The summed E-state index contributed by atoms with van der Waals surface area (Å²) >= 11 is 0. The minimum atomic E-state index is -0.322. The summed E-state index contributed by atoms with van der Waals surface area (Å²) in [6.07, 6.45) is 3.15. The molecule has 0 saturated carbocycles. The Morgan fingerprint density at radius 2 is 2.32 bits per heavy atom. The van der Waals surface area contributed by atoms with Gasteiger partial charge in [0.25, 0.3) is 11.8 Å². The number of hydrogen-bond donors (Lipinski definition) is 3. The summed E-state index contributed by atoms with van der Waals surface area (Å²) < 4.78 is 5.21. The van der Waals surface area contributed by atoms with E-state index in [2.05, 4.69) is 20.6 Å². The SMILES string of the molecule is O=C1COc2ccc(C(=O)Nc3ncc[nH]3)cc2N1. The number of nitrogens with zero attached hydrogens (tertiary/aromatic N) is 1. The van der Waals surface area contributed by atoms with Gasteiger partial charge in [-0.25, -0.2) is 4.98 Å². The number of carbonyl (C=O) groups excluding carboxylic acids is 2. The molecule has 0 bridgehead atoms. The van der Waals surface area contributed by atoms with Crippen molar-refractivity contribution in [2.45, 2.75) is 0 Å². The molecule has 96 valence electrons. The van der Waals surface area contributed by atoms with Gasteiger partial charge in [0.1, 0.15) is 5.75 Å². The van der Waals surface area contributed by atoms with Crippen molar-refractivity contribution in [2.75, 3.05) is 17.2 Å². The quantitative estimate of drug-likeness (QED) is 0.748. The van der Waals surface area contributed by atoms with Crippen LogP contribution in [-0.2, 0) is 4.79 Å². The average molecular weight is 258 g/mol. The molecular formula is C12H10N4O3. The Hall–Kier alpha value is -2.83. The molecule has 0 aliphatic carbocycles. The number of ether oxygens (including phenoxy) is 1. The molecule has 0 saturated heterocycles. The van der Waals surface area contributed by atoms with Crippen LogP contribution in [0.5, 0.6) is 5.75 Å². The maximum Gasteiger partial charge on any atom is 0.262 e. The summed E-state index contributed by atoms with van der Waals surface area (Å²) in [6, 6.07) is 4.82. The van der Waals surface area contributed by atoms with Crippen molar-refractivity contribution < 1.29 is 14.3 Å². The van der Waals surface area contributed by atoms with Crippen molar-refractivity contribution in [2.24, 2.45) is 0 Å². The molecular weight excluding hydrogens is 248 g/mol. The van der Waals surface area contributed by atoms with Gasteiger partial charge in [-0.2, -0.15) is 0 Å². The number of carbonyl (C=O) groups is 2. The van der Waals surface area contributed by atoms with Crippen molar-refractivity contribution in [1.82, 2.24) is 9.97 Å². The number of benzene rings is 1. The van der Waals surface area contributed by atoms with E-state index in [1.165, 1.54) is 6.20 Å². The maximum absolute atomic E-state index is 12.0. The van der Waals surface area contributed by atoms with Crippen LogP contribution in [0.3, 0.4) is 0 Å². The van der Waals surface area contributed by atoms with Gasteiger partial charge in [0.15, 0.2) is 6.61 Å². The van der Waals surface area contributed by atoms with Crippen LogP contribution in [0.25, 0.3) is 0 Å². The molecule has 0 unspecified atom stereocenters. The second-order valence-electron chi connectivity index (χ2n) is 3.94. The summed E-state index contributed by atoms with van der Waals surface area (Å²) in [4.78, 5) is 29.8. The molecule has 2 heterocycles. The van der Waals surface area contributed by atoms with Crippen molar-refractivity contribution in [3.05, 3.63) is 36.2 Å². The van der Waals surface area contributed by atoms with Gasteiger partial charge in [0, 0.05) is 18.0 Å². The van der Waals surface area contributed by atoms with Crippen molar-refractivity contribution in [3.8, 4) is 5.75 Å². The number of nitrogens with one attached hydrogen (secondary N) is 3. The summed E-state index contributed by atoms with van der Waals surface area (Å²) in [7, 11) is 0. The zero-order valence-electron chi connectivity index (χ0n) is 9.77. The Labute approximate surface area is 108 Å². The largest absolute Gasteiger partial charge is 0.482 e. The number of H-pyrrole nitrogens is 1. The number of aromatic amines is 1. The van der Waals surface area contributed by atoms with E-state index < -0.39 is 0 Å². The Balaban J connectivity index is 1.83. The molecule has 3 rings (SSSR count). The van der Waals surface area contributed by atoms with E-state index >= 15 is 0 Å². The molecule has 0 radical (unpaired) electrons. The first-order valence-electron chi connectivity index (χ1n) is 5.60. The van der Waals surface area contributed by atoms with Crippen LogP contribution < -0.4 is 15.4 Å². The number of hydrogen-bond acceptors (Lipinski definition) is 4. The molecule has 2 aromatic rings. The lowest BCUT2D eigenvalue weighted by Crippen LogP contribution is -2.25. The molecule has 1 aromatic heterocycles. The highest BCUT2D eigenvalue weighted by Gasteiger charge is 2.18. The Morgan fingerprint density at radius 1 is 1.42 bits per heavy atom.